The Labute approximate surface area is 111 Å². The van der Waals surface area contributed by atoms with Crippen molar-refractivity contribution in [3.63, 3.8) is 0 Å². The molecule has 1 rings (SSSR count). The van der Waals surface area contributed by atoms with E-state index in [-0.39, 0.29) is 0 Å². The third kappa shape index (κ3) is 6.42. The Balaban J connectivity index is 2.16. The summed E-state index contributed by atoms with van der Waals surface area (Å²) in [4.78, 5) is 25.8. The summed E-state index contributed by atoms with van der Waals surface area (Å²) in [6.45, 7) is 2.00. The number of carbonyl (C=O) groups is 2. The zero-order valence-corrected chi connectivity index (χ0v) is 10.8. The van der Waals surface area contributed by atoms with Crippen LogP contribution in [0.4, 0.5) is 4.79 Å². The molecule has 1 aromatic carbocycles. The summed E-state index contributed by atoms with van der Waals surface area (Å²) in [5, 5.41) is 10.9. The van der Waals surface area contributed by atoms with Gasteiger partial charge in [-0.05, 0) is 17.9 Å². The van der Waals surface area contributed by atoms with E-state index in [1.807, 2.05) is 35.8 Å². The average molecular weight is 266 g/mol. The molecular weight excluding hydrogens is 248 g/mol. The lowest BCUT2D eigenvalue weighted by Gasteiger charge is -2.12. The maximum absolute atomic E-state index is 11.2. The van der Waals surface area contributed by atoms with Crippen molar-refractivity contribution in [3.05, 3.63) is 35.9 Å². The van der Waals surface area contributed by atoms with Gasteiger partial charge in [-0.2, -0.15) is 0 Å². The van der Waals surface area contributed by atoms with Gasteiger partial charge in [-0.15, -0.1) is 0 Å². The number of urea groups is 1. The van der Waals surface area contributed by atoms with Crippen LogP contribution in [0.3, 0.4) is 0 Å². The van der Waals surface area contributed by atoms with Crippen molar-refractivity contribution >= 4 is 12.0 Å². The molecule has 3 N–H and O–H groups in total. The fourth-order valence-corrected chi connectivity index (χ4v) is 1.55. The fraction of sp³-hybridized carbons (Fsp3) is 0.385. The molecule has 0 fully saturated rings. The minimum absolute atomic E-state index is 0.335. The van der Waals surface area contributed by atoms with Gasteiger partial charge in [0.2, 0.25) is 0 Å². The molecule has 0 saturated carbocycles. The highest BCUT2D eigenvalue weighted by molar-refractivity contribution is 5.73. The van der Waals surface area contributed by atoms with Crippen molar-refractivity contribution in [1.29, 1.82) is 0 Å². The van der Waals surface area contributed by atoms with Gasteiger partial charge in [-0.3, -0.25) is 4.84 Å². The molecule has 19 heavy (non-hydrogen) atoms. The van der Waals surface area contributed by atoms with E-state index in [2.05, 4.69) is 17.1 Å². The van der Waals surface area contributed by atoms with Gasteiger partial charge in [0.25, 0.3) is 0 Å². The SMILES string of the molecule is CC(CCNC(=O)NOCC(=O)O)c1ccccc1. The predicted octanol–water partition coefficient (Wildman–Crippen LogP) is 1.50. The molecule has 0 radical (unpaired) electrons. The van der Waals surface area contributed by atoms with Gasteiger partial charge in [0.15, 0.2) is 6.61 Å². The molecule has 1 unspecified atom stereocenters. The molecular formula is C13H18N2O4. The van der Waals surface area contributed by atoms with Gasteiger partial charge in [0, 0.05) is 6.54 Å². The average Bonchev–Trinajstić information content (AvgIpc) is 2.39. The van der Waals surface area contributed by atoms with Crippen molar-refractivity contribution in [1.82, 2.24) is 10.8 Å². The van der Waals surface area contributed by atoms with Crippen LogP contribution in [0.1, 0.15) is 24.8 Å². The highest BCUT2D eigenvalue weighted by Crippen LogP contribution is 2.17. The van der Waals surface area contributed by atoms with E-state index >= 15 is 0 Å². The van der Waals surface area contributed by atoms with E-state index in [4.69, 9.17) is 5.11 Å². The summed E-state index contributed by atoms with van der Waals surface area (Å²) in [6, 6.07) is 9.46. The first-order valence-electron chi connectivity index (χ1n) is 6.02. The molecule has 0 aliphatic carbocycles. The van der Waals surface area contributed by atoms with Gasteiger partial charge >= 0.3 is 12.0 Å². The van der Waals surface area contributed by atoms with Gasteiger partial charge in [0.1, 0.15) is 0 Å². The third-order valence-electron chi connectivity index (χ3n) is 2.59. The Morgan fingerprint density at radius 3 is 2.63 bits per heavy atom. The number of aliphatic carboxylic acids is 1. The summed E-state index contributed by atoms with van der Waals surface area (Å²) in [5.74, 6) is -0.806. The fourth-order valence-electron chi connectivity index (χ4n) is 1.55. The Hall–Kier alpha value is -2.08. The van der Waals surface area contributed by atoms with E-state index in [1.165, 1.54) is 5.56 Å². The molecule has 1 atom stereocenters. The Morgan fingerprint density at radius 1 is 1.32 bits per heavy atom. The number of benzene rings is 1. The second-order valence-corrected chi connectivity index (χ2v) is 4.14. The molecule has 6 nitrogen and oxygen atoms in total. The maximum atomic E-state index is 11.2. The zero-order valence-electron chi connectivity index (χ0n) is 10.8. The summed E-state index contributed by atoms with van der Waals surface area (Å²) in [7, 11) is 0. The van der Waals surface area contributed by atoms with E-state index in [9.17, 15) is 9.59 Å². The van der Waals surface area contributed by atoms with Crippen LogP contribution < -0.4 is 10.8 Å². The Bertz CT molecular complexity index is 408. The largest absolute Gasteiger partial charge is 0.479 e. The van der Waals surface area contributed by atoms with Crippen molar-refractivity contribution in [2.75, 3.05) is 13.2 Å². The van der Waals surface area contributed by atoms with Crippen LogP contribution >= 0.6 is 0 Å². The topological polar surface area (TPSA) is 87.7 Å². The number of hydroxylamine groups is 1. The number of carbonyl (C=O) groups excluding carboxylic acids is 1. The first-order chi connectivity index (χ1) is 9.09. The monoisotopic (exact) mass is 266 g/mol. The standard InChI is InChI=1S/C13H18N2O4/c1-10(11-5-3-2-4-6-11)7-8-14-13(18)15-19-9-12(16)17/h2-6,10H,7-9H2,1H3,(H,16,17)(H2,14,15,18). The van der Waals surface area contributed by atoms with Gasteiger partial charge < -0.3 is 10.4 Å². The number of hydrogen-bond donors (Lipinski definition) is 3. The van der Waals surface area contributed by atoms with Gasteiger partial charge in [-0.25, -0.2) is 15.1 Å². The molecule has 2 amide bonds. The summed E-state index contributed by atoms with van der Waals surface area (Å²) in [6.07, 6.45) is 0.788. The number of nitrogens with one attached hydrogen (secondary N) is 2. The molecule has 0 aromatic heterocycles. The van der Waals surface area contributed by atoms with Crippen LogP contribution in [0.2, 0.25) is 0 Å². The Morgan fingerprint density at radius 2 is 2.00 bits per heavy atom. The highest BCUT2D eigenvalue weighted by Gasteiger charge is 2.06. The lowest BCUT2D eigenvalue weighted by atomic mass is 9.98. The quantitative estimate of drug-likeness (QED) is 0.652. The van der Waals surface area contributed by atoms with E-state index in [0.717, 1.165) is 6.42 Å². The Kier molecular flexibility index (Phi) is 6.38. The summed E-state index contributed by atoms with van der Waals surface area (Å²) >= 11 is 0. The summed E-state index contributed by atoms with van der Waals surface area (Å²) < 4.78 is 0. The molecule has 1 aromatic rings. The van der Waals surface area contributed by atoms with E-state index in [0.29, 0.717) is 12.5 Å². The molecule has 0 spiro atoms. The number of carboxylic acids is 1. The van der Waals surface area contributed by atoms with Crippen LogP contribution in [-0.2, 0) is 9.63 Å². The lowest BCUT2D eigenvalue weighted by molar-refractivity contribution is -0.144. The van der Waals surface area contributed by atoms with Crippen LogP contribution in [-0.4, -0.2) is 30.3 Å². The van der Waals surface area contributed by atoms with Gasteiger partial charge in [0.05, 0.1) is 0 Å². The second-order valence-electron chi connectivity index (χ2n) is 4.14. The molecule has 0 aliphatic heterocycles. The minimum atomic E-state index is -1.14. The molecule has 104 valence electrons. The lowest BCUT2D eigenvalue weighted by Crippen LogP contribution is -2.37. The molecule has 0 heterocycles. The third-order valence-corrected chi connectivity index (χ3v) is 2.59. The molecule has 6 heteroatoms. The highest BCUT2D eigenvalue weighted by atomic mass is 16.7. The first kappa shape index (κ1) is 15.0. The zero-order chi connectivity index (χ0) is 14.1. The first-order valence-corrected chi connectivity index (χ1v) is 6.02. The van der Waals surface area contributed by atoms with Crippen LogP contribution in [0.15, 0.2) is 30.3 Å². The van der Waals surface area contributed by atoms with Crippen molar-refractivity contribution < 1.29 is 19.5 Å². The van der Waals surface area contributed by atoms with E-state index < -0.39 is 18.6 Å². The van der Waals surface area contributed by atoms with Gasteiger partial charge in [-0.1, -0.05) is 37.3 Å². The normalized spacial score (nSPS) is 11.6. The van der Waals surface area contributed by atoms with Crippen molar-refractivity contribution in [2.24, 2.45) is 0 Å². The van der Waals surface area contributed by atoms with Crippen LogP contribution in [0.25, 0.3) is 0 Å². The molecule has 0 bridgehead atoms. The second kappa shape index (κ2) is 8.10. The predicted molar refractivity (Wildman–Crippen MR) is 69.6 cm³/mol. The molecule has 0 aliphatic rings. The van der Waals surface area contributed by atoms with Crippen LogP contribution in [0.5, 0.6) is 0 Å². The number of carboxylic acid groups (broad SMARTS) is 1. The number of rotatable bonds is 7. The smallest absolute Gasteiger partial charge is 0.338 e. The minimum Gasteiger partial charge on any atom is -0.479 e. The summed E-state index contributed by atoms with van der Waals surface area (Å²) in [5.41, 5.74) is 3.21. The maximum Gasteiger partial charge on any atom is 0.338 e. The van der Waals surface area contributed by atoms with Crippen molar-refractivity contribution in [3.8, 4) is 0 Å². The van der Waals surface area contributed by atoms with Crippen LogP contribution in [0, 0.1) is 0 Å². The molecule has 0 saturated heterocycles. The number of hydrogen-bond acceptors (Lipinski definition) is 3. The van der Waals surface area contributed by atoms with Crippen molar-refractivity contribution in [2.45, 2.75) is 19.3 Å². The number of amides is 2. The van der Waals surface area contributed by atoms with E-state index in [1.54, 1.807) is 0 Å².